The van der Waals surface area contributed by atoms with Gasteiger partial charge in [0.1, 0.15) is 0 Å². The highest BCUT2D eigenvalue weighted by Crippen LogP contribution is 2.52. The smallest absolute Gasteiger partial charge is 0.383 e. The number of ether oxygens (including phenoxy) is 1. The van der Waals surface area contributed by atoms with Crippen LogP contribution in [-0.4, -0.2) is 50.1 Å². The van der Waals surface area contributed by atoms with Crippen LogP contribution in [0.4, 0.5) is 39.5 Å². The molecule has 0 aromatic rings. The summed E-state index contributed by atoms with van der Waals surface area (Å²) in [6.07, 6.45) is -6.95. The first-order chi connectivity index (χ1) is 8.73. The van der Waals surface area contributed by atoms with E-state index in [1.165, 1.54) is 0 Å². The molecule has 3 nitrogen and oxygen atoms in total. The molecule has 0 fully saturated rings. The largest absolute Gasteiger partial charge is 0.460 e. The number of halogens is 9. The molecular weight excluding hydrogens is 313 g/mol. The second-order valence-corrected chi connectivity index (χ2v) is 3.47. The van der Waals surface area contributed by atoms with E-state index in [0.717, 1.165) is 12.4 Å². The van der Waals surface area contributed by atoms with Crippen LogP contribution in [-0.2, 0) is 9.53 Å². The zero-order valence-electron chi connectivity index (χ0n) is 9.63. The minimum Gasteiger partial charge on any atom is -0.383 e. The Kier molecular flexibility index (Phi) is 5.32. The van der Waals surface area contributed by atoms with Crippen molar-refractivity contribution < 1.29 is 49.0 Å². The van der Waals surface area contributed by atoms with Gasteiger partial charge in [-0.15, -0.1) is 0 Å². The second-order valence-electron chi connectivity index (χ2n) is 3.47. The van der Waals surface area contributed by atoms with Crippen LogP contribution in [0.3, 0.4) is 0 Å². The molecule has 0 aliphatic heterocycles. The van der Waals surface area contributed by atoms with E-state index in [2.05, 4.69) is 4.74 Å². The molecule has 0 unspecified atom stereocenters. The topological polar surface area (TPSA) is 38.3 Å². The average molecular weight is 321 g/mol. The molecule has 20 heavy (non-hydrogen) atoms. The normalized spacial score (nSPS) is 14.3. The third kappa shape index (κ3) is 3.10. The van der Waals surface area contributed by atoms with Crippen molar-refractivity contribution in [2.75, 3.05) is 20.3 Å². The summed E-state index contributed by atoms with van der Waals surface area (Å²) >= 11 is 0. The summed E-state index contributed by atoms with van der Waals surface area (Å²) in [4.78, 5) is 10.7. The summed E-state index contributed by atoms with van der Waals surface area (Å²) in [5, 5.41) is 1.06. The first-order valence-electron chi connectivity index (χ1n) is 4.71. The molecule has 0 atom stereocenters. The van der Waals surface area contributed by atoms with E-state index in [4.69, 9.17) is 0 Å². The van der Waals surface area contributed by atoms with Crippen LogP contribution < -0.4 is 5.32 Å². The first-order valence-corrected chi connectivity index (χ1v) is 4.71. The van der Waals surface area contributed by atoms with Gasteiger partial charge in [-0.3, -0.25) is 4.79 Å². The summed E-state index contributed by atoms with van der Waals surface area (Å²) in [5.74, 6) is -23.3. The average Bonchev–Trinajstić information content (AvgIpc) is 2.27. The molecular formula is C8H8F9NO2. The van der Waals surface area contributed by atoms with Crippen molar-refractivity contribution in [1.82, 2.24) is 5.32 Å². The predicted molar refractivity (Wildman–Crippen MR) is 45.8 cm³/mol. The highest BCUT2D eigenvalue weighted by Gasteiger charge is 2.83. The van der Waals surface area contributed by atoms with E-state index in [9.17, 15) is 44.3 Å². The highest BCUT2D eigenvalue weighted by molar-refractivity contribution is 5.84. The molecule has 0 saturated carbocycles. The molecule has 0 aliphatic carbocycles. The lowest BCUT2D eigenvalue weighted by Crippen LogP contribution is -2.65. The summed E-state index contributed by atoms with van der Waals surface area (Å²) < 4.78 is 115. The van der Waals surface area contributed by atoms with Crippen LogP contribution in [0.25, 0.3) is 0 Å². The first kappa shape index (κ1) is 18.8. The molecule has 0 saturated heterocycles. The Morgan fingerprint density at radius 1 is 0.950 bits per heavy atom. The van der Waals surface area contributed by atoms with E-state index in [1.807, 2.05) is 0 Å². The van der Waals surface area contributed by atoms with E-state index in [0.29, 0.717) is 0 Å². The molecule has 120 valence electrons. The van der Waals surface area contributed by atoms with Crippen molar-refractivity contribution in [2.45, 2.75) is 23.9 Å². The van der Waals surface area contributed by atoms with Gasteiger partial charge < -0.3 is 10.1 Å². The second kappa shape index (κ2) is 5.66. The minimum absolute atomic E-state index is 0.441. The van der Waals surface area contributed by atoms with Crippen molar-refractivity contribution >= 4 is 5.91 Å². The molecule has 0 aromatic carbocycles. The predicted octanol–water partition coefficient (Wildman–Crippen LogP) is 2.22. The third-order valence-corrected chi connectivity index (χ3v) is 2.02. The maximum absolute atomic E-state index is 12.9. The van der Waals surface area contributed by atoms with Crippen molar-refractivity contribution in [3.8, 4) is 0 Å². The van der Waals surface area contributed by atoms with E-state index >= 15 is 0 Å². The lowest BCUT2D eigenvalue weighted by atomic mass is 10.0. The molecule has 0 aromatic heterocycles. The Labute approximate surface area is 106 Å². The maximum Gasteiger partial charge on any atom is 0.460 e. The van der Waals surface area contributed by atoms with Crippen molar-refractivity contribution in [3.63, 3.8) is 0 Å². The van der Waals surface area contributed by atoms with Crippen LogP contribution in [0.5, 0.6) is 0 Å². The lowest BCUT2D eigenvalue weighted by Gasteiger charge is -2.32. The number of carbonyl (C=O) groups excluding carboxylic acids is 1. The molecule has 1 N–H and O–H groups in total. The van der Waals surface area contributed by atoms with Gasteiger partial charge in [0.05, 0.1) is 6.61 Å². The van der Waals surface area contributed by atoms with Gasteiger partial charge in [0.25, 0.3) is 5.91 Å². The maximum atomic E-state index is 12.9. The molecule has 0 bridgehead atoms. The van der Waals surface area contributed by atoms with Crippen LogP contribution in [0, 0.1) is 0 Å². The molecule has 0 rings (SSSR count). The fourth-order valence-corrected chi connectivity index (χ4v) is 0.895. The van der Waals surface area contributed by atoms with Crippen LogP contribution in [0.15, 0.2) is 0 Å². The Hall–Kier alpha value is -1.20. The van der Waals surface area contributed by atoms with Gasteiger partial charge in [0, 0.05) is 13.7 Å². The number of amides is 1. The zero-order valence-corrected chi connectivity index (χ0v) is 9.63. The van der Waals surface area contributed by atoms with Gasteiger partial charge in [-0.25, -0.2) is 0 Å². The number of methoxy groups -OCH3 is 1. The summed E-state index contributed by atoms with van der Waals surface area (Å²) in [6.45, 7) is -1.22. The molecule has 0 spiro atoms. The third-order valence-electron chi connectivity index (χ3n) is 2.02. The molecule has 12 heteroatoms. The van der Waals surface area contributed by atoms with Crippen LogP contribution in [0.2, 0.25) is 0 Å². The Morgan fingerprint density at radius 3 is 1.75 bits per heavy atom. The number of rotatable bonds is 6. The van der Waals surface area contributed by atoms with E-state index < -0.39 is 43.0 Å². The lowest BCUT2D eigenvalue weighted by molar-refractivity contribution is -0.388. The van der Waals surface area contributed by atoms with Gasteiger partial charge in [-0.1, -0.05) is 0 Å². The van der Waals surface area contributed by atoms with Crippen LogP contribution >= 0.6 is 0 Å². The summed E-state index contributed by atoms with van der Waals surface area (Å²) in [5.41, 5.74) is 0. The Morgan fingerprint density at radius 2 is 1.40 bits per heavy atom. The number of hydrogen-bond donors (Lipinski definition) is 1. The number of alkyl halides is 9. The van der Waals surface area contributed by atoms with Gasteiger partial charge >= 0.3 is 23.9 Å². The summed E-state index contributed by atoms with van der Waals surface area (Å²) in [6, 6.07) is 0. The van der Waals surface area contributed by atoms with Crippen molar-refractivity contribution in [3.05, 3.63) is 0 Å². The van der Waals surface area contributed by atoms with Crippen molar-refractivity contribution in [1.29, 1.82) is 0 Å². The Bertz CT molecular complexity index is 352. The van der Waals surface area contributed by atoms with Gasteiger partial charge in [-0.05, 0) is 0 Å². The zero-order chi connectivity index (χ0) is 16.4. The fourth-order valence-electron chi connectivity index (χ4n) is 0.895. The fraction of sp³-hybridized carbons (Fsp3) is 0.875. The quantitative estimate of drug-likeness (QED) is 0.602. The molecule has 0 aliphatic rings. The van der Waals surface area contributed by atoms with Crippen molar-refractivity contribution in [2.24, 2.45) is 0 Å². The van der Waals surface area contributed by atoms with E-state index in [-0.39, 0.29) is 0 Å². The van der Waals surface area contributed by atoms with Gasteiger partial charge in [0.2, 0.25) is 0 Å². The molecule has 0 heterocycles. The highest BCUT2D eigenvalue weighted by atomic mass is 19.4. The van der Waals surface area contributed by atoms with E-state index in [1.54, 1.807) is 0 Å². The Balaban J connectivity index is 5.30. The number of nitrogens with one attached hydrogen (secondary N) is 1. The van der Waals surface area contributed by atoms with Gasteiger partial charge in [0.15, 0.2) is 0 Å². The SMILES string of the molecule is COCCNC(=O)C(F)(F)C(F)(F)C(F)(F)C(F)(F)F. The number of carbonyl (C=O) groups is 1. The monoisotopic (exact) mass is 321 g/mol. The van der Waals surface area contributed by atoms with Gasteiger partial charge in [-0.2, -0.15) is 39.5 Å². The molecule has 1 amide bonds. The standard InChI is InChI=1S/C8H8F9NO2/c1-20-3-2-18-4(19)5(9,10)6(11,12)7(13,14)8(15,16)17/h2-3H2,1H3,(H,18,19). The minimum atomic E-state index is -7.08. The summed E-state index contributed by atoms with van der Waals surface area (Å²) in [7, 11) is 1.04. The number of hydrogen-bond acceptors (Lipinski definition) is 2. The van der Waals surface area contributed by atoms with Crippen LogP contribution in [0.1, 0.15) is 0 Å². The molecule has 0 radical (unpaired) electrons.